The van der Waals surface area contributed by atoms with Crippen LogP contribution in [0.2, 0.25) is 0 Å². The maximum absolute atomic E-state index is 13.4. The highest BCUT2D eigenvalue weighted by Crippen LogP contribution is 2.39. The van der Waals surface area contributed by atoms with Crippen LogP contribution in [0.3, 0.4) is 0 Å². The Morgan fingerprint density at radius 3 is 2.67 bits per heavy atom. The van der Waals surface area contributed by atoms with Gasteiger partial charge in [-0.05, 0) is 30.3 Å². The van der Waals surface area contributed by atoms with Crippen molar-refractivity contribution in [2.45, 2.75) is 19.1 Å². The predicted octanol–water partition coefficient (Wildman–Crippen LogP) is 4.51. The van der Waals surface area contributed by atoms with E-state index >= 15 is 0 Å². The monoisotopic (exact) mass is 466 g/mol. The van der Waals surface area contributed by atoms with Crippen molar-refractivity contribution < 1.29 is 36.0 Å². The molecule has 7 nitrogen and oxygen atoms in total. The molecule has 0 aliphatic carbocycles. The number of amides is 1. The molecule has 2 N–H and O–H groups in total. The smallest absolute Gasteiger partial charge is 0.419 e. The van der Waals surface area contributed by atoms with E-state index in [0.717, 1.165) is 6.07 Å². The van der Waals surface area contributed by atoms with Gasteiger partial charge in [0.15, 0.2) is 0 Å². The molecule has 2 aromatic carbocycles. The third-order valence-corrected chi connectivity index (χ3v) is 4.70. The van der Waals surface area contributed by atoms with Crippen LogP contribution in [0.5, 0.6) is 5.75 Å². The van der Waals surface area contributed by atoms with Crippen LogP contribution < -0.4 is 10.5 Å². The largest absolute Gasteiger partial charge is 0.487 e. The summed E-state index contributed by atoms with van der Waals surface area (Å²) in [7, 11) is 0. The van der Waals surface area contributed by atoms with Crippen LogP contribution in [0, 0.1) is 0 Å². The number of carbonyl (C=O) groups is 1. The lowest BCUT2D eigenvalue weighted by Crippen LogP contribution is -2.17. The Bertz CT molecular complexity index is 1310. The number of rotatable bonds is 7. The van der Waals surface area contributed by atoms with E-state index in [9.17, 15) is 26.7 Å². The van der Waals surface area contributed by atoms with Crippen molar-refractivity contribution in [3.63, 3.8) is 0 Å². The minimum absolute atomic E-state index is 0.0371. The summed E-state index contributed by atoms with van der Waals surface area (Å²) in [5.74, 6) is -1.35. The van der Waals surface area contributed by atoms with Crippen LogP contribution >= 0.6 is 0 Å². The minimum atomic E-state index is -4.86. The summed E-state index contributed by atoms with van der Waals surface area (Å²) in [6, 6.07) is 9.70. The van der Waals surface area contributed by atoms with Gasteiger partial charge in [0.1, 0.15) is 18.9 Å². The Balaban J connectivity index is 1.70. The highest BCUT2D eigenvalue weighted by Gasteiger charge is 2.35. The molecule has 2 heterocycles. The zero-order valence-electron chi connectivity index (χ0n) is 16.6. The molecule has 1 amide bonds. The van der Waals surface area contributed by atoms with Gasteiger partial charge < -0.3 is 19.6 Å². The zero-order valence-corrected chi connectivity index (χ0v) is 16.6. The predicted molar refractivity (Wildman–Crippen MR) is 106 cm³/mol. The molecule has 2 aromatic heterocycles. The summed E-state index contributed by atoms with van der Waals surface area (Å²) in [6.07, 6.45) is -6.12. The Kier molecular flexibility index (Phi) is 5.75. The van der Waals surface area contributed by atoms with Crippen LogP contribution in [0.4, 0.5) is 22.0 Å². The highest BCUT2D eigenvalue weighted by atomic mass is 19.4. The van der Waals surface area contributed by atoms with Gasteiger partial charge >= 0.3 is 6.18 Å². The molecule has 4 rings (SSSR count). The van der Waals surface area contributed by atoms with Crippen LogP contribution in [-0.2, 0) is 17.5 Å². The topological polar surface area (TPSA) is 96.2 Å². The van der Waals surface area contributed by atoms with Crippen LogP contribution in [0.1, 0.15) is 5.56 Å². The summed E-state index contributed by atoms with van der Waals surface area (Å²) in [6.45, 7) is -1.21. The van der Waals surface area contributed by atoms with Gasteiger partial charge in [-0.15, -0.1) is 0 Å². The van der Waals surface area contributed by atoms with E-state index in [1.807, 2.05) is 0 Å². The van der Waals surface area contributed by atoms with Crippen molar-refractivity contribution >= 4 is 16.8 Å². The third kappa shape index (κ3) is 4.64. The Morgan fingerprint density at radius 1 is 1.18 bits per heavy atom. The molecule has 0 saturated heterocycles. The molecule has 0 radical (unpaired) electrons. The van der Waals surface area contributed by atoms with E-state index in [0.29, 0.717) is 22.5 Å². The van der Waals surface area contributed by atoms with Gasteiger partial charge in [-0.1, -0.05) is 17.3 Å². The van der Waals surface area contributed by atoms with Gasteiger partial charge in [-0.2, -0.15) is 18.2 Å². The molecule has 172 valence electrons. The number of hydrogen-bond acceptors (Lipinski definition) is 5. The number of nitrogens with zero attached hydrogens (tertiary/aromatic N) is 3. The number of ether oxygens (including phenoxy) is 1. The quantitative estimate of drug-likeness (QED) is 0.405. The normalized spacial score (nSPS) is 11.9. The summed E-state index contributed by atoms with van der Waals surface area (Å²) < 4.78 is 76.4. The van der Waals surface area contributed by atoms with Crippen molar-refractivity contribution in [1.82, 2.24) is 14.7 Å². The first-order valence-electron chi connectivity index (χ1n) is 9.46. The molecule has 0 atom stereocenters. The number of fused-ring (bicyclic) bond motifs is 1. The summed E-state index contributed by atoms with van der Waals surface area (Å²) in [4.78, 5) is 15.4. The molecule has 0 saturated carbocycles. The number of hydrogen-bond donors (Lipinski definition) is 1. The number of aromatic nitrogens is 3. The summed E-state index contributed by atoms with van der Waals surface area (Å²) in [5.41, 5.74) is 5.15. The molecule has 33 heavy (non-hydrogen) atoms. The number of benzene rings is 2. The van der Waals surface area contributed by atoms with Crippen LogP contribution in [0.25, 0.3) is 33.7 Å². The number of nitrogens with two attached hydrogens (primary N) is 1. The van der Waals surface area contributed by atoms with E-state index in [1.165, 1.54) is 6.07 Å². The van der Waals surface area contributed by atoms with E-state index in [-0.39, 0.29) is 23.8 Å². The van der Waals surface area contributed by atoms with E-state index in [4.69, 9.17) is 10.3 Å². The first-order valence-corrected chi connectivity index (χ1v) is 9.46. The third-order valence-electron chi connectivity index (χ3n) is 4.70. The second kappa shape index (κ2) is 8.52. The number of alkyl halides is 5. The number of carbonyl (C=O) groups excluding carboxylic acids is 1. The van der Waals surface area contributed by atoms with Crippen molar-refractivity contribution in [2.75, 3.05) is 6.61 Å². The molecular formula is C21H15F5N4O3. The fourth-order valence-electron chi connectivity index (χ4n) is 3.34. The van der Waals surface area contributed by atoms with Gasteiger partial charge in [-0.25, -0.2) is 8.78 Å². The minimum Gasteiger partial charge on any atom is -0.487 e. The van der Waals surface area contributed by atoms with Crippen molar-refractivity contribution in [1.29, 1.82) is 0 Å². The first kappa shape index (κ1) is 22.2. The van der Waals surface area contributed by atoms with Gasteiger partial charge in [0, 0.05) is 28.2 Å². The fraction of sp³-hybridized carbons (Fsp3) is 0.190. The second-order valence-electron chi connectivity index (χ2n) is 6.98. The Hall–Kier alpha value is -3.96. The summed E-state index contributed by atoms with van der Waals surface area (Å²) >= 11 is 0. The highest BCUT2D eigenvalue weighted by molar-refractivity contribution is 5.94. The Labute approximate surface area is 182 Å². The van der Waals surface area contributed by atoms with Crippen molar-refractivity contribution in [2.24, 2.45) is 5.73 Å². The molecule has 0 aliphatic rings. The number of halogens is 5. The lowest BCUT2D eigenvalue weighted by Gasteiger charge is -2.14. The molecule has 0 bridgehead atoms. The van der Waals surface area contributed by atoms with E-state index < -0.39 is 36.4 Å². The molecule has 4 aromatic rings. The average molecular weight is 466 g/mol. The number of primary amides is 1. The average Bonchev–Trinajstić information content (AvgIpc) is 3.39. The lowest BCUT2D eigenvalue weighted by atomic mass is 10.1. The SMILES string of the molecule is NC(=O)Cn1ccc2c(-c3noc(-c4ccc(OCC(F)F)c(C(F)(F)F)c4)n3)cccc21. The van der Waals surface area contributed by atoms with Crippen LogP contribution in [0.15, 0.2) is 53.2 Å². The second-order valence-corrected chi connectivity index (χ2v) is 6.98. The van der Waals surface area contributed by atoms with Gasteiger partial charge in [0.05, 0.1) is 5.56 Å². The molecule has 0 spiro atoms. The molecule has 0 aliphatic heterocycles. The molecular weight excluding hydrogens is 451 g/mol. The summed E-state index contributed by atoms with van der Waals surface area (Å²) in [5, 5.41) is 4.54. The maximum Gasteiger partial charge on any atom is 0.419 e. The molecule has 12 heteroatoms. The van der Waals surface area contributed by atoms with Gasteiger partial charge in [0.25, 0.3) is 12.3 Å². The standard InChI is InChI=1S/C21H15F5N4O3/c22-17(23)10-32-16-5-4-11(8-14(16)21(24,25)26)20-28-19(29-33-20)13-2-1-3-15-12(13)6-7-30(15)9-18(27)31/h1-8,17H,9-10H2,(H2,27,31). The lowest BCUT2D eigenvalue weighted by molar-refractivity contribution is -0.139. The van der Waals surface area contributed by atoms with Crippen LogP contribution in [-0.4, -0.2) is 33.6 Å². The fourth-order valence-corrected chi connectivity index (χ4v) is 3.34. The molecule has 0 unspecified atom stereocenters. The van der Waals surface area contributed by atoms with Gasteiger partial charge in [0.2, 0.25) is 11.7 Å². The van der Waals surface area contributed by atoms with Crippen molar-refractivity contribution in [3.05, 3.63) is 54.2 Å². The van der Waals surface area contributed by atoms with Crippen molar-refractivity contribution in [3.8, 4) is 28.6 Å². The Morgan fingerprint density at radius 2 is 1.97 bits per heavy atom. The molecule has 0 fully saturated rings. The maximum atomic E-state index is 13.4. The van der Waals surface area contributed by atoms with Gasteiger partial charge in [-0.3, -0.25) is 4.79 Å². The first-order chi connectivity index (χ1) is 15.6. The van der Waals surface area contributed by atoms with E-state index in [1.54, 1.807) is 35.0 Å². The van der Waals surface area contributed by atoms with E-state index in [2.05, 4.69) is 14.9 Å². The zero-order chi connectivity index (χ0) is 23.8.